The van der Waals surface area contributed by atoms with Crippen LogP contribution < -0.4 is 4.74 Å². The van der Waals surface area contributed by atoms with Gasteiger partial charge in [-0.05, 0) is 48.0 Å². The van der Waals surface area contributed by atoms with Crippen molar-refractivity contribution in [1.29, 1.82) is 0 Å². The second-order valence-corrected chi connectivity index (χ2v) is 7.86. The van der Waals surface area contributed by atoms with Gasteiger partial charge in [-0.2, -0.15) is 4.80 Å². The summed E-state index contributed by atoms with van der Waals surface area (Å²) < 4.78 is 29.3. The van der Waals surface area contributed by atoms with E-state index in [1.165, 1.54) is 16.9 Å². The van der Waals surface area contributed by atoms with Gasteiger partial charge in [0.25, 0.3) is 0 Å². The van der Waals surface area contributed by atoms with Crippen LogP contribution in [-0.2, 0) is 16.4 Å². The summed E-state index contributed by atoms with van der Waals surface area (Å²) in [5, 5.41) is 21.1. The zero-order chi connectivity index (χ0) is 19.3. The van der Waals surface area contributed by atoms with E-state index >= 15 is 0 Å². The molecule has 0 radical (unpaired) electrons. The summed E-state index contributed by atoms with van der Waals surface area (Å²) in [4.78, 5) is 5.87. The third-order valence-corrected chi connectivity index (χ3v) is 5.65. The molecule has 0 bridgehead atoms. The second-order valence-electron chi connectivity index (χ2n) is 5.75. The number of aromatic nitrogens is 5. The molecule has 0 aliphatic carbocycles. The lowest BCUT2D eigenvalue weighted by atomic mass is 10.2. The number of hydrogen-bond donors (Lipinski definition) is 1. The summed E-state index contributed by atoms with van der Waals surface area (Å²) in [5.41, 5.74) is 1.41. The van der Waals surface area contributed by atoms with Crippen LogP contribution in [0.15, 0.2) is 47.5 Å². The number of nitrogens with zero attached hydrogens (tertiary/aromatic N) is 5. The maximum absolute atomic E-state index is 12.1. The van der Waals surface area contributed by atoms with Crippen molar-refractivity contribution in [3.05, 3.63) is 48.3 Å². The van der Waals surface area contributed by atoms with Crippen molar-refractivity contribution in [2.24, 2.45) is 0 Å². The summed E-state index contributed by atoms with van der Waals surface area (Å²) in [5.74, 6) is 0.967. The number of tetrazole rings is 1. The number of aliphatic hydroxyl groups excluding tert-OH is 1. The Balaban J connectivity index is 1.72. The van der Waals surface area contributed by atoms with Gasteiger partial charge in [0.15, 0.2) is 9.84 Å². The summed E-state index contributed by atoms with van der Waals surface area (Å²) in [6.45, 7) is 0.192. The Morgan fingerprint density at radius 3 is 2.56 bits per heavy atom. The lowest BCUT2D eigenvalue weighted by molar-refractivity contribution is 0.295. The van der Waals surface area contributed by atoms with Gasteiger partial charge in [0.1, 0.15) is 12.3 Å². The first-order valence-electron chi connectivity index (χ1n) is 8.22. The fourth-order valence-electron chi connectivity index (χ4n) is 2.38. The highest BCUT2D eigenvalue weighted by Crippen LogP contribution is 2.19. The number of sulfone groups is 1. The van der Waals surface area contributed by atoms with E-state index in [0.29, 0.717) is 23.7 Å². The first-order chi connectivity index (χ1) is 13.0. The number of benzene rings is 1. The molecular formula is C17H19N5O4S. The van der Waals surface area contributed by atoms with E-state index < -0.39 is 9.84 Å². The van der Waals surface area contributed by atoms with Gasteiger partial charge in [-0.15, -0.1) is 10.2 Å². The Morgan fingerprint density at radius 2 is 1.93 bits per heavy atom. The Morgan fingerprint density at radius 1 is 1.15 bits per heavy atom. The molecule has 0 amide bonds. The predicted molar refractivity (Wildman–Crippen MR) is 96.9 cm³/mol. The molecule has 3 aromatic rings. The van der Waals surface area contributed by atoms with Crippen LogP contribution in [0, 0.1) is 0 Å². The highest BCUT2D eigenvalue weighted by molar-refractivity contribution is 7.91. The molecule has 2 aromatic heterocycles. The Labute approximate surface area is 156 Å². The predicted octanol–water partition coefficient (Wildman–Crippen LogP) is 0.948. The van der Waals surface area contributed by atoms with Gasteiger partial charge < -0.3 is 9.84 Å². The van der Waals surface area contributed by atoms with Crippen LogP contribution in [0.4, 0.5) is 0 Å². The summed E-state index contributed by atoms with van der Waals surface area (Å²) >= 11 is 0. The molecule has 0 aliphatic rings. The normalized spacial score (nSPS) is 11.5. The molecule has 0 fully saturated rings. The zero-order valence-corrected chi connectivity index (χ0v) is 15.5. The van der Waals surface area contributed by atoms with Gasteiger partial charge in [0.2, 0.25) is 5.82 Å². The van der Waals surface area contributed by atoms with E-state index in [0.717, 1.165) is 5.69 Å². The van der Waals surface area contributed by atoms with Crippen LogP contribution in [0.3, 0.4) is 0 Å². The van der Waals surface area contributed by atoms with E-state index in [1.807, 2.05) is 6.07 Å². The quantitative estimate of drug-likeness (QED) is 0.604. The monoisotopic (exact) mass is 389 g/mol. The maximum atomic E-state index is 12.1. The fourth-order valence-corrected chi connectivity index (χ4v) is 3.68. The molecule has 0 saturated heterocycles. The first kappa shape index (κ1) is 18.9. The fraction of sp³-hybridized carbons (Fsp3) is 0.294. The number of aliphatic hydroxyl groups is 1. The van der Waals surface area contributed by atoms with Crippen LogP contribution in [-0.4, -0.2) is 58.2 Å². The van der Waals surface area contributed by atoms with E-state index in [-0.39, 0.29) is 23.7 Å². The van der Waals surface area contributed by atoms with Crippen molar-refractivity contribution >= 4 is 9.84 Å². The standard InChI is InChI=1S/C17H19N5O4S/c1-26-15-6-5-14(18-11-15)12-22-20-17(19-21-22)13-3-7-16(8-4-13)27(24,25)10-2-9-23/h3-8,11,23H,2,9-10,12H2,1H3. The molecule has 10 heteroatoms. The van der Waals surface area contributed by atoms with Crippen molar-refractivity contribution in [2.45, 2.75) is 17.9 Å². The van der Waals surface area contributed by atoms with Crippen molar-refractivity contribution in [2.75, 3.05) is 19.5 Å². The number of rotatable bonds is 8. The highest BCUT2D eigenvalue weighted by Gasteiger charge is 2.15. The summed E-state index contributed by atoms with van der Waals surface area (Å²) in [6.07, 6.45) is 1.82. The average Bonchev–Trinajstić information content (AvgIpc) is 3.15. The van der Waals surface area contributed by atoms with Crippen molar-refractivity contribution in [3.8, 4) is 17.1 Å². The second kappa shape index (κ2) is 8.23. The van der Waals surface area contributed by atoms with Gasteiger partial charge in [-0.1, -0.05) is 0 Å². The van der Waals surface area contributed by atoms with Gasteiger partial charge in [-0.25, -0.2) is 8.42 Å². The lowest BCUT2D eigenvalue weighted by Crippen LogP contribution is -2.08. The summed E-state index contributed by atoms with van der Waals surface area (Å²) in [6, 6.07) is 9.91. The number of ether oxygens (including phenoxy) is 1. The Bertz CT molecular complexity index is 985. The molecule has 0 spiro atoms. The van der Waals surface area contributed by atoms with Gasteiger partial charge in [0, 0.05) is 12.2 Å². The van der Waals surface area contributed by atoms with Crippen molar-refractivity contribution in [1.82, 2.24) is 25.2 Å². The third kappa shape index (κ3) is 4.66. The zero-order valence-electron chi connectivity index (χ0n) is 14.7. The van der Waals surface area contributed by atoms with Crippen LogP contribution in [0.2, 0.25) is 0 Å². The van der Waals surface area contributed by atoms with Crippen molar-refractivity contribution in [3.63, 3.8) is 0 Å². The molecule has 142 valence electrons. The number of pyridine rings is 1. The highest BCUT2D eigenvalue weighted by atomic mass is 32.2. The van der Waals surface area contributed by atoms with Crippen LogP contribution >= 0.6 is 0 Å². The van der Waals surface area contributed by atoms with Gasteiger partial charge >= 0.3 is 0 Å². The topological polar surface area (TPSA) is 120 Å². The largest absolute Gasteiger partial charge is 0.495 e. The smallest absolute Gasteiger partial charge is 0.204 e. The minimum atomic E-state index is -3.40. The molecular weight excluding hydrogens is 370 g/mol. The minimum Gasteiger partial charge on any atom is -0.495 e. The van der Waals surface area contributed by atoms with Crippen LogP contribution in [0.5, 0.6) is 5.75 Å². The van der Waals surface area contributed by atoms with Crippen molar-refractivity contribution < 1.29 is 18.3 Å². The molecule has 9 nitrogen and oxygen atoms in total. The minimum absolute atomic E-state index is 0.0911. The van der Waals surface area contributed by atoms with Crippen LogP contribution in [0.1, 0.15) is 12.1 Å². The van der Waals surface area contributed by atoms with E-state index in [2.05, 4.69) is 20.4 Å². The molecule has 0 atom stereocenters. The lowest BCUT2D eigenvalue weighted by Gasteiger charge is -2.04. The van der Waals surface area contributed by atoms with Gasteiger partial charge in [0.05, 0.1) is 29.6 Å². The maximum Gasteiger partial charge on any atom is 0.204 e. The molecule has 0 saturated carbocycles. The first-order valence-corrected chi connectivity index (χ1v) is 9.88. The SMILES string of the molecule is COc1ccc(Cn2nnc(-c3ccc(S(=O)(=O)CCCO)cc3)n2)nc1. The van der Waals surface area contributed by atoms with Gasteiger partial charge in [-0.3, -0.25) is 4.98 Å². The molecule has 3 rings (SSSR count). The molecule has 2 heterocycles. The van der Waals surface area contributed by atoms with E-state index in [4.69, 9.17) is 9.84 Å². The third-order valence-electron chi connectivity index (χ3n) is 3.83. The molecule has 1 N–H and O–H groups in total. The average molecular weight is 389 g/mol. The molecule has 0 unspecified atom stereocenters. The number of methoxy groups -OCH3 is 1. The molecule has 0 aliphatic heterocycles. The van der Waals surface area contributed by atoms with Crippen LogP contribution in [0.25, 0.3) is 11.4 Å². The molecule has 1 aromatic carbocycles. The summed E-state index contributed by atoms with van der Waals surface area (Å²) in [7, 11) is -1.83. The Hall–Kier alpha value is -2.85. The number of hydrogen-bond acceptors (Lipinski definition) is 8. The van der Waals surface area contributed by atoms with E-state index in [1.54, 1.807) is 31.5 Å². The molecule has 27 heavy (non-hydrogen) atoms. The Kier molecular flexibility index (Phi) is 5.77. The van der Waals surface area contributed by atoms with E-state index in [9.17, 15) is 8.42 Å².